The van der Waals surface area contributed by atoms with E-state index in [0.29, 0.717) is 6.54 Å². The van der Waals surface area contributed by atoms with E-state index in [1.165, 1.54) is 5.56 Å². The van der Waals surface area contributed by atoms with Crippen molar-refractivity contribution < 1.29 is 0 Å². The van der Waals surface area contributed by atoms with Gasteiger partial charge in [0.05, 0.1) is 0 Å². The molecule has 2 rings (SSSR count). The Balaban J connectivity index is 2.16. The van der Waals surface area contributed by atoms with Crippen molar-refractivity contribution in [3.8, 4) is 0 Å². The van der Waals surface area contributed by atoms with Gasteiger partial charge in [-0.1, -0.05) is 48.5 Å². The second-order valence-electron chi connectivity index (χ2n) is 3.79. The predicted molar refractivity (Wildman–Crippen MR) is 69.7 cm³/mol. The molecule has 0 heterocycles. The van der Waals surface area contributed by atoms with Crippen molar-refractivity contribution in [1.29, 1.82) is 0 Å². The molecule has 0 aliphatic rings. The number of rotatable bonds is 5. The minimum Gasteiger partial charge on any atom is -0.345 e. The van der Waals surface area contributed by atoms with Gasteiger partial charge in [-0.05, 0) is 22.9 Å². The number of benzene rings is 2. The summed E-state index contributed by atoms with van der Waals surface area (Å²) in [6.45, 7) is 0.857. The number of para-hydroxylation sites is 1. The van der Waals surface area contributed by atoms with Crippen molar-refractivity contribution in [2.45, 2.75) is 6.54 Å². The fourth-order valence-corrected chi connectivity index (χ4v) is 1.74. The Kier molecular flexibility index (Phi) is 3.86. The second kappa shape index (κ2) is 5.80. The summed E-state index contributed by atoms with van der Waals surface area (Å²) in [5.74, 6) is 0. The monoisotopic (exact) mass is 226 g/mol. The number of nitroso groups, excluding NO2 is 1. The van der Waals surface area contributed by atoms with Crippen molar-refractivity contribution in [2.75, 3.05) is 11.6 Å². The zero-order valence-corrected chi connectivity index (χ0v) is 9.49. The molecular formula is C14H14N2O. The molecule has 17 heavy (non-hydrogen) atoms. The Morgan fingerprint density at radius 1 is 0.882 bits per heavy atom. The normalized spacial score (nSPS) is 9.88. The summed E-state index contributed by atoms with van der Waals surface area (Å²) in [6.07, 6.45) is 0. The van der Waals surface area contributed by atoms with Gasteiger partial charge in [0.2, 0.25) is 0 Å². The molecule has 0 amide bonds. The van der Waals surface area contributed by atoms with Crippen molar-refractivity contribution in [2.24, 2.45) is 5.18 Å². The van der Waals surface area contributed by atoms with Crippen LogP contribution in [0.4, 0.5) is 5.69 Å². The molecule has 2 aromatic carbocycles. The maximum absolute atomic E-state index is 10.5. The quantitative estimate of drug-likeness (QED) is 0.732. The molecule has 3 heteroatoms. The largest absolute Gasteiger partial charge is 0.345 e. The maximum atomic E-state index is 10.5. The first-order valence-electron chi connectivity index (χ1n) is 5.53. The Morgan fingerprint density at radius 3 is 2.06 bits per heavy atom. The number of anilines is 1. The van der Waals surface area contributed by atoms with E-state index in [1.807, 2.05) is 65.6 Å². The lowest BCUT2D eigenvalue weighted by Gasteiger charge is -2.21. The molecular weight excluding hydrogens is 212 g/mol. The molecule has 0 spiro atoms. The van der Waals surface area contributed by atoms with Crippen LogP contribution in [0.25, 0.3) is 0 Å². The van der Waals surface area contributed by atoms with Gasteiger partial charge in [0.1, 0.15) is 0 Å². The maximum Gasteiger partial charge on any atom is 0.153 e. The van der Waals surface area contributed by atoms with E-state index < -0.39 is 0 Å². The molecule has 0 aliphatic heterocycles. The highest BCUT2D eigenvalue weighted by molar-refractivity contribution is 5.46. The van der Waals surface area contributed by atoms with E-state index in [-0.39, 0.29) is 6.67 Å². The number of nitrogens with zero attached hydrogens (tertiary/aromatic N) is 2. The van der Waals surface area contributed by atoms with Crippen molar-refractivity contribution in [1.82, 2.24) is 0 Å². The van der Waals surface area contributed by atoms with E-state index in [2.05, 4.69) is 5.18 Å². The summed E-state index contributed by atoms with van der Waals surface area (Å²) in [7, 11) is 0. The van der Waals surface area contributed by atoms with E-state index in [1.54, 1.807) is 0 Å². The first kappa shape index (κ1) is 11.3. The average molecular weight is 226 g/mol. The minimum absolute atomic E-state index is 0.166. The van der Waals surface area contributed by atoms with E-state index in [4.69, 9.17) is 0 Å². The molecule has 0 fully saturated rings. The Bertz CT molecular complexity index is 456. The zero-order valence-electron chi connectivity index (χ0n) is 9.49. The molecule has 0 atom stereocenters. The van der Waals surface area contributed by atoms with Crippen LogP contribution in [0.2, 0.25) is 0 Å². The lowest BCUT2D eigenvalue weighted by atomic mass is 10.2. The fraction of sp³-hybridized carbons (Fsp3) is 0.143. The van der Waals surface area contributed by atoms with E-state index >= 15 is 0 Å². The van der Waals surface area contributed by atoms with Crippen LogP contribution >= 0.6 is 0 Å². The van der Waals surface area contributed by atoms with Crippen LogP contribution in [-0.2, 0) is 6.54 Å². The van der Waals surface area contributed by atoms with Crippen LogP contribution in [0.1, 0.15) is 5.56 Å². The first-order chi connectivity index (χ1) is 8.40. The summed E-state index contributed by atoms with van der Waals surface area (Å²) in [6, 6.07) is 19.9. The van der Waals surface area contributed by atoms with Crippen LogP contribution in [-0.4, -0.2) is 6.67 Å². The Hall–Kier alpha value is -2.16. The number of hydrogen-bond acceptors (Lipinski definition) is 3. The van der Waals surface area contributed by atoms with Crippen molar-refractivity contribution >= 4 is 5.69 Å². The highest BCUT2D eigenvalue weighted by Crippen LogP contribution is 2.16. The summed E-state index contributed by atoms with van der Waals surface area (Å²) < 4.78 is 0. The molecule has 0 aliphatic carbocycles. The molecule has 86 valence electrons. The van der Waals surface area contributed by atoms with Crippen molar-refractivity contribution in [3.63, 3.8) is 0 Å². The molecule has 3 nitrogen and oxygen atoms in total. The molecule has 2 aromatic rings. The Morgan fingerprint density at radius 2 is 1.47 bits per heavy atom. The molecule has 0 aromatic heterocycles. The van der Waals surface area contributed by atoms with Gasteiger partial charge < -0.3 is 4.90 Å². The van der Waals surface area contributed by atoms with Gasteiger partial charge in [-0.25, -0.2) is 0 Å². The average Bonchev–Trinajstić information content (AvgIpc) is 2.40. The van der Waals surface area contributed by atoms with Gasteiger partial charge in [-0.3, -0.25) is 0 Å². The molecule has 0 unspecified atom stereocenters. The zero-order chi connectivity index (χ0) is 11.9. The standard InChI is InChI=1S/C14H14N2O/c17-15-12-16(14-9-5-2-6-10-14)11-13-7-3-1-4-8-13/h1-10H,11-12H2. The van der Waals surface area contributed by atoms with Gasteiger partial charge in [0.25, 0.3) is 0 Å². The van der Waals surface area contributed by atoms with Crippen LogP contribution in [0.5, 0.6) is 0 Å². The SMILES string of the molecule is O=NCN(Cc1ccccc1)c1ccccc1. The summed E-state index contributed by atoms with van der Waals surface area (Å²) in [5, 5.41) is 2.98. The topological polar surface area (TPSA) is 32.7 Å². The van der Waals surface area contributed by atoms with Crippen LogP contribution in [0, 0.1) is 4.91 Å². The highest BCUT2D eigenvalue weighted by atomic mass is 16.3. The first-order valence-corrected chi connectivity index (χ1v) is 5.53. The minimum atomic E-state index is 0.166. The van der Waals surface area contributed by atoms with E-state index in [0.717, 1.165) is 5.69 Å². The van der Waals surface area contributed by atoms with Gasteiger partial charge >= 0.3 is 0 Å². The van der Waals surface area contributed by atoms with E-state index in [9.17, 15) is 4.91 Å². The Labute approximate surface area is 101 Å². The van der Waals surface area contributed by atoms with Gasteiger partial charge in [-0.2, -0.15) is 0 Å². The molecule has 0 bridgehead atoms. The molecule has 0 radical (unpaired) electrons. The van der Waals surface area contributed by atoms with Crippen molar-refractivity contribution in [3.05, 3.63) is 71.1 Å². The van der Waals surface area contributed by atoms with Crippen LogP contribution in [0.15, 0.2) is 65.8 Å². The molecule has 0 saturated carbocycles. The highest BCUT2D eigenvalue weighted by Gasteiger charge is 2.06. The van der Waals surface area contributed by atoms with Gasteiger partial charge in [-0.15, -0.1) is 4.91 Å². The molecule has 0 N–H and O–H groups in total. The van der Waals surface area contributed by atoms with Crippen LogP contribution < -0.4 is 4.90 Å². The third-order valence-corrected chi connectivity index (χ3v) is 2.57. The summed E-state index contributed by atoms with van der Waals surface area (Å²) in [4.78, 5) is 12.4. The van der Waals surface area contributed by atoms with Gasteiger partial charge in [0, 0.05) is 12.2 Å². The lowest BCUT2D eigenvalue weighted by Crippen LogP contribution is -2.22. The number of hydrogen-bond donors (Lipinski definition) is 0. The van der Waals surface area contributed by atoms with Gasteiger partial charge in [0.15, 0.2) is 6.67 Å². The molecule has 0 saturated heterocycles. The van der Waals surface area contributed by atoms with Crippen LogP contribution in [0.3, 0.4) is 0 Å². The second-order valence-corrected chi connectivity index (χ2v) is 3.79. The third kappa shape index (κ3) is 3.14. The predicted octanol–water partition coefficient (Wildman–Crippen LogP) is 3.42. The lowest BCUT2D eigenvalue weighted by molar-refractivity contribution is 0.809. The third-order valence-electron chi connectivity index (χ3n) is 2.57. The summed E-state index contributed by atoms with van der Waals surface area (Å²) >= 11 is 0. The summed E-state index contributed by atoms with van der Waals surface area (Å²) in [5.41, 5.74) is 2.18. The fourth-order valence-electron chi connectivity index (χ4n) is 1.74. The smallest absolute Gasteiger partial charge is 0.153 e.